The number of aliphatic imine (C=N–C) groups is 1. The maximum Gasteiger partial charge on any atom is 0.189 e. The summed E-state index contributed by atoms with van der Waals surface area (Å²) >= 11 is 3.44. The van der Waals surface area contributed by atoms with Gasteiger partial charge in [-0.15, -0.1) is 24.0 Å². The molecule has 21 heavy (non-hydrogen) atoms. The van der Waals surface area contributed by atoms with Crippen LogP contribution in [0.3, 0.4) is 0 Å². The first kappa shape index (κ1) is 20.0. The summed E-state index contributed by atoms with van der Waals surface area (Å²) in [5.41, 5.74) is 7.73. The van der Waals surface area contributed by atoms with Crippen LogP contribution in [0.15, 0.2) is 33.7 Å². The van der Waals surface area contributed by atoms with Gasteiger partial charge in [-0.2, -0.15) is 0 Å². The van der Waals surface area contributed by atoms with Crippen LogP contribution in [-0.2, 0) is 6.54 Å². The van der Waals surface area contributed by atoms with Gasteiger partial charge in [0, 0.05) is 6.54 Å². The molecule has 0 bridgehead atoms. The molecule has 7 heteroatoms. The van der Waals surface area contributed by atoms with E-state index in [4.69, 9.17) is 15.2 Å². The molecule has 0 atom stereocenters. The van der Waals surface area contributed by atoms with E-state index < -0.39 is 0 Å². The number of hydrogen-bond acceptors (Lipinski definition) is 3. The zero-order chi connectivity index (χ0) is 15.1. The van der Waals surface area contributed by atoms with E-state index in [1.54, 1.807) is 14.2 Å². The first-order valence-electron chi connectivity index (χ1n) is 6.06. The lowest BCUT2D eigenvalue weighted by Gasteiger charge is -2.11. The molecule has 3 N–H and O–H groups in total. The van der Waals surface area contributed by atoms with Crippen LogP contribution in [0.1, 0.15) is 12.5 Å². The molecule has 0 unspecified atom stereocenters. The second-order valence-corrected chi connectivity index (χ2v) is 5.18. The zero-order valence-electron chi connectivity index (χ0n) is 12.4. The van der Waals surface area contributed by atoms with Crippen LogP contribution < -0.4 is 20.5 Å². The Morgan fingerprint density at radius 2 is 2.05 bits per heavy atom. The Labute approximate surface area is 151 Å². The topological polar surface area (TPSA) is 68.9 Å². The van der Waals surface area contributed by atoms with Gasteiger partial charge >= 0.3 is 0 Å². The number of nitrogens with one attached hydrogen (secondary N) is 1. The molecule has 0 heterocycles. The minimum absolute atomic E-state index is 0. The van der Waals surface area contributed by atoms with E-state index in [1.165, 1.54) is 0 Å². The Balaban J connectivity index is 0.00000400. The smallest absolute Gasteiger partial charge is 0.189 e. The summed E-state index contributed by atoms with van der Waals surface area (Å²) in [5, 5.41) is 2.98. The Morgan fingerprint density at radius 3 is 2.57 bits per heavy atom. The average Bonchev–Trinajstić information content (AvgIpc) is 2.42. The minimum Gasteiger partial charge on any atom is -0.493 e. The first-order chi connectivity index (χ1) is 9.47. The lowest BCUT2D eigenvalue weighted by atomic mass is 10.2. The van der Waals surface area contributed by atoms with Crippen molar-refractivity contribution in [3.05, 3.63) is 34.3 Å². The van der Waals surface area contributed by atoms with E-state index in [2.05, 4.69) is 32.8 Å². The molecule has 0 aliphatic carbocycles. The Hall–Kier alpha value is -0.960. The highest BCUT2D eigenvalue weighted by Crippen LogP contribution is 2.36. The van der Waals surface area contributed by atoms with Gasteiger partial charge in [0.25, 0.3) is 0 Å². The fourth-order valence-electron chi connectivity index (χ4n) is 1.54. The van der Waals surface area contributed by atoms with E-state index in [0.29, 0.717) is 30.5 Å². The molecule has 118 valence electrons. The van der Waals surface area contributed by atoms with Crippen molar-refractivity contribution >= 4 is 45.9 Å². The Kier molecular flexibility index (Phi) is 9.43. The lowest BCUT2D eigenvalue weighted by Crippen LogP contribution is -2.32. The number of rotatable bonds is 6. The number of nitrogens with two attached hydrogens (primary N) is 1. The first-order valence-corrected chi connectivity index (χ1v) is 6.85. The standard InChI is InChI=1S/C14H20BrN3O2.HI/c1-9(2)7-17-14(16)18-8-10-5-11(15)13(20-4)12(6-10)19-3;/h5-6H,1,7-8H2,2-4H3,(H3,16,17,18);1H. The Morgan fingerprint density at radius 1 is 1.38 bits per heavy atom. The van der Waals surface area contributed by atoms with Crippen molar-refractivity contribution in [1.29, 1.82) is 0 Å². The molecule has 1 aromatic rings. The molecule has 0 aliphatic heterocycles. The molecule has 1 aromatic carbocycles. The maximum atomic E-state index is 5.76. The third-order valence-corrected chi connectivity index (χ3v) is 3.09. The number of ether oxygens (including phenoxy) is 2. The molecular weight excluding hydrogens is 449 g/mol. The quantitative estimate of drug-likeness (QED) is 0.291. The van der Waals surface area contributed by atoms with Gasteiger partial charge in [-0.3, -0.25) is 0 Å². The summed E-state index contributed by atoms with van der Waals surface area (Å²) in [7, 11) is 3.19. The van der Waals surface area contributed by atoms with E-state index in [0.717, 1.165) is 15.6 Å². The number of nitrogens with zero attached hydrogens (tertiary/aromatic N) is 1. The van der Waals surface area contributed by atoms with Crippen LogP contribution >= 0.6 is 39.9 Å². The van der Waals surface area contributed by atoms with Crippen molar-refractivity contribution in [3.63, 3.8) is 0 Å². The van der Waals surface area contributed by atoms with Gasteiger partial charge in [-0.25, -0.2) is 4.99 Å². The van der Waals surface area contributed by atoms with Gasteiger partial charge in [0.05, 0.1) is 25.2 Å². The number of guanidine groups is 1. The second kappa shape index (κ2) is 9.88. The van der Waals surface area contributed by atoms with Crippen LogP contribution in [0, 0.1) is 0 Å². The van der Waals surface area contributed by atoms with Gasteiger partial charge < -0.3 is 20.5 Å². The monoisotopic (exact) mass is 469 g/mol. The van der Waals surface area contributed by atoms with Crippen molar-refractivity contribution in [3.8, 4) is 11.5 Å². The summed E-state index contributed by atoms with van der Waals surface area (Å²) in [6.45, 7) is 6.78. The molecule has 0 aliphatic rings. The summed E-state index contributed by atoms with van der Waals surface area (Å²) in [6, 6.07) is 3.80. The van der Waals surface area contributed by atoms with Gasteiger partial charge in [-0.1, -0.05) is 12.2 Å². The maximum absolute atomic E-state index is 5.76. The summed E-state index contributed by atoms with van der Waals surface area (Å²) in [4.78, 5) is 4.26. The molecule has 0 radical (unpaired) electrons. The van der Waals surface area contributed by atoms with E-state index >= 15 is 0 Å². The van der Waals surface area contributed by atoms with Crippen LogP contribution in [-0.4, -0.2) is 26.7 Å². The van der Waals surface area contributed by atoms with Crippen LogP contribution in [0.2, 0.25) is 0 Å². The molecule has 0 amide bonds. The van der Waals surface area contributed by atoms with Gasteiger partial charge in [0.1, 0.15) is 0 Å². The predicted octanol–water partition coefficient (Wildman–Crippen LogP) is 3.06. The fourth-order valence-corrected chi connectivity index (χ4v) is 2.19. The van der Waals surface area contributed by atoms with Crippen molar-refractivity contribution < 1.29 is 9.47 Å². The molecule has 0 fully saturated rings. The Bertz CT molecular complexity index is 521. The van der Waals surface area contributed by atoms with Crippen molar-refractivity contribution in [2.24, 2.45) is 10.7 Å². The molecule has 0 saturated carbocycles. The summed E-state index contributed by atoms with van der Waals surface area (Å²) in [6.07, 6.45) is 0. The third kappa shape index (κ3) is 6.56. The van der Waals surface area contributed by atoms with E-state index in [-0.39, 0.29) is 24.0 Å². The highest BCUT2D eigenvalue weighted by molar-refractivity contribution is 14.0. The summed E-state index contributed by atoms with van der Waals surface area (Å²) in [5.74, 6) is 1.70. The normalized spacial score (nSPS) is 10.6. The largest absolute Gasteiger partial charge is 0.493 e. The average molecular weight is 470 g/mol. The molecule has 1 rings (SSSR count). The minimum atomic E-state index is 0. The number of hydrogen-bond donors (Lipinski definition) is 2. The number of halogens is 2. The molecule has 0 saturated heterocycles. The molecule has 0 spiro atoms. The number of benzene rings is 1. The lowest BCUT2D eigenvalue weighted by molar-refractivity contribution is 0.352. The van der Waals surface area contributed by atoms with Gasteiger partial charge in [0.2, 0.25) is 0 Å². The van der Waals surface area contributed by atoms with Crippen LogP contribution in [0.4, 0.5) is 0 Å². The molecule has 0 aromatic heterocycles. The van der Waals surface area contributed by atoms with Gasteiger partial charge in [-0.05, 0) is 40.5 Å². The van der Waals surface area contributed by atoms with Gasteiger partial charge in [0.15, 0.2) is 17.5 Å². The van der Waals surface area contributed by atoms with E-state index in [1.807, 2.05) is 19.1 Å². The van der Waals surface area contributed by atoms with Crippen LogP contribution in [0.25, 0.3) is 0 Å². The SMILES string of the molecule is C=C(C)CNC(N)=NCc1cc(Br)c(OC)c(OC)c1.I. The fraction of sp³-hybridized carbons (Fsp3) is 0.357. The van der Waals surface area contributed by atoms with E-state index in [9.17, 15) is 0 Å². The van der Waals surface area contributed by atoms with Crippen molar-refractivity contribution in [2.75, 3.05) is 20.8 Å². The number of methoxy groups -OCH3 is 2. The van der Waals surface area contributed by atoms with Crippen LogP contribution in [0.5, 0.6) is 11.5 Å². The summed E-state index contributed by atoms with van der Waals surface area (Å²) < 4.78 is 11.4. The zero-order valence-corrected chi connectivity index (χ0v) is 16.3. The second-order valence-electron chi connectivity index (χ2n) is 4.33. The van der Waals surface area contributed by atoms with Crippen molar-refractivity contribution in [2.45, 2.75) is 13.5 Å². The predicted molar refractivity (Wildman–Crippen MR) is 101 cm³/mol. The molecule has 5 nitrogen and oxygen atoms in total. The molecular formula is C14H21BrIN3O2. The van der Waals surface area contributed by atoms with Crippen molar-refractivity contribution in [1.82, 2.24) is 5.32 Å². The third-order valence-electron chi connectivity index (χ3n) is 2.50. The highest BCUT2D eigenvalue weighted by atomic mass is 127. The highest BCUT2D eigenvalue weighted by Gasteiger charge is 2.10.